The number of amides is 1. The number of rotatable bonds is 7. The number of nitrogens with one attached hydrogen (secondary N) is 1. The Bertz CT molecular complexity index is 959. The minimum Gasteiger partial charge on any atom is -0.530 e. The van der Waals surface area contributed by atoms with Crippen LogP contribution in [0, 0.1) is 5.92 Å². The van der Waals surface area contributed by atoms with Crippen LogP contribution in [-0.2, 0) is 13.0 Å². The van der Waals surface area contributed by atoms with Gasteiger partial charge in [0.15, 0.2) is 0 Å². The smallest absolute Gasteiger partial charge is 0.138 e. The van der Waals surface area contributed by atoms with Crippen LogP contribution in [0.15, 0.2) is 42.5 Å². The Balaban J connectivity index is 1.65. The van der Waals surface area contributed by atoms with Crippen LogP contribution in [0.5, 0.6) is 5.75 Å². The van der Waals surface area contributed by atoms with Crippen molar-refractivity contribution in [3.8, 4) is 5.75 Å². The molecule has 140 valence electrons. The third kappa shape index (κ3) is 4.05. The molecule has 1 aliphatic carbocycles. The van der Waals surface area contributed by atoms with Crippen molar-refractivity contribution in [3.05, 3.63) is 53.9 Å². The zero-order chi connectivity index (χ0) is 18.8. The van der Waals surface area contributed by atoms with Crippen LogP contribution in [0.4, 0.5) is 10.5 Å². The zero-order valence-electron chi connectivity index (χ0n) is 15.3. The number of ether oxygens (including phenoxy) is 1. The number of hydrogen-bond donors (Lipinski definition) is 1. The van der Waals surface area contributed by atoms with Crippen molar-refractivity contribution in [2.45, 2.75) is 32.7 Å². The number of aromatic nitrogens is 2. The maximum Gasteiger partial charge on any atom is 0.138 e. The molecule has 1 aromatic heterocycles. The van der Waals surface area contributed by atoms with Crippen LogP contribution < -0.4 is 15.2 Å². The van der Waals surface area contributed by atoms with Crippen LogP contribution in [0.2, 0.25) is 0 Å². The van der Waals surface area contributed by atoms with Crippen LogP contribution in [-0.4, -0.2) is 22.3 Å². The molecule has 2 aromatic carbocycles. The highest BCUT2D eigenvalue weighted by molar-refractivity contribution is 5.87. The Morgan fingerprint density at radius 3 is 2.70 bits per heavy atom. The highest BCUT2D eigenvalue weighted by Gasteiger charge is 2.24. The number of fused-ring (bicyclic) bond motifs is 1. The molecule has 0 atom stereocenters. The molecule has 4 rings (SSSR count). The summed E-state index contributed by atoms with van der Waals surface area (Å²) in [6.07, 6.45) is 1.91. The largest absolute Gasteiger partial charge is 0.530 e. The van der Waals surface area contributed by atoms with Crippen molar-refractivity contribution < 1.29 is 14.6 Å². The van der Waals surface area contributed by atoms with E-state index in [1.807, 2.05) is 25.1 Å². The van der Waals surface area contributed by atoms with Gasteiger partial charge in [0, 0.05) is 18.7 Å². The lowest BCUT2D eigenvalue weighted by molar-refractivity contribution is -0.242. The fourth-order valence-electron chi connectivity index (χ4n) is 3.33. The van der Waals surface area contributed by atoms with Gasteiger partial charge in [-0.1, -0.05) is 12.1 Å². The Morgan fingerprint density at radius 1 is 1.26 bits per heavy atom. The second-order valence-corrected chi connectivity index (χ2v) is 6.95. The lowest BCUT2D eigenvalue weighted by Gasteiger charge is -2.10. The van der Waals surface area contributed by atoms with Crippen LogP contribution >= 0.6 is 0 Å². The third-order valence-corrected chi connectivity index (χ3v) is 4.81. The summed E-state index contributed by atoms with van der Waals surface area (Å²) in [6, 6.07) is 13.5. The van der Waals surface area contributed by atoms with Crippen molar-refractivity contribution in [2.75, 3.05) is 11.9 Å². The zero-order valence-corrected chi connectivity index (χ0v) is 15.3. The first kappa shape index (κ1) is 17.4. The second-order valence-electron chi connectivity index (χ2n) is 6.95. The van der Waals surface area contributed by atoms with Gasteiger partial charge in [-0.15, -0.1) is 0 Å². The summed E-state index contributed by atoms with van der Waals surface area (Å²) in [6.45, 7) is 3.58. The van der Waals surface area contributed by atoms with Crippen molar-refractivity contribution >= 4 is 22.8 Å². The molecule has 1 N–H and O–H groups in total. The number of imidazole rings is 1. The quantitative estimate of drug-likeness (QED) is 0.698. The minimum absolute atomic E-state index is 0.478. The molecular formula is C21H22N3O3-. The Labute approximate surface area is 157 Å². The normalized spacial score (nSPS) is 13.7. The fourth-order valence-corrected chi connectivity index (χ4v) is 3.33. The lowest BCUT2D eigenvalue weighted by Crippen LogP contribution is -2.28. The van der Waals surface area contributed by atoms with E-state index in [9.17, 15) is 9.90 Å². The van der Waals surface area contributed by atoms with Gasteiger partial charge in [-0.25, -0.2) is 4.98 Å². The van der Waals surface area contributed by atoms with Gasteiger partial charge in [0.25, 0.3) is 0 Å². The number of hydrogen-bond acceptors (Lipinski definition) is 4. The molecular weight excluding hydrogens is 342 g/mol. The van der Waals surface area contributed by atoms with Crippen LogP contribution in [0.1, 0.15) is 31.2 Å². The molecule has 27 heavy (non-hydrogen) atoms. The third-order valence-electron chi connectivity index (χ3n) is 4.81. The van der Waals surface area contributed by atoms with Crippen molar-refractivity contribution in [1.82, 2.24) is 9.55 Å². The van der Waals surface area contributed by atoms with Crippen molar-refractivity contribution in [3.63, 3.8) is 0 Å². The summed E-state index contributed by atoms with van der Waals surface area (Å²) < 4.78 is 7.78. The number of nitrogens with zero attached hydrogens (tertiary/aromatic N) is 2. The Morgan fingerprint density at radius 2 is 2.04 bits per heavy atom. The fraction of sp³-hybridized carbons (Fsp3) is 0.333. The van der Waals surface area contributed by atoms with Gasteiger partial charge in [-0.3, -0.25) is 0 Å². The number of carbonyl (C=O) groups excluding carboxylic acids is 1. The van der Waals surface area contributed by atoms with Crippen LogP contribution in [0.3, 0.4) is 0 Å². The molecule has 6 heteroatoms. The maximum atomic E-state index is 10.8. The summed E-state index contributed by atoms with van der Waals surface area (Å²) in [5.41, 5.74) is 3.47. The van der Waals surface area contributed by atoms with Gasteiger partial charge >= 0.3 is 0 Å². The molecule has 0 saturated heterocycles. The van der Waals surface area contributed by atoms with Gasteiger partial charge in [0.2, 0.25) is 0 Å². The first-order valence-corrected chi connectivity index (χ1v) is 9.31. The van der Waals surface area contributed by atoms with E-state index in [0.717, 1.165) is 35.6 Å². The molecule has 0 bridgehead atoms. The monoisotopic (exact) mass is 364 g/mol. The first-order chi connectivity index (χ1) is 13.1. The van der Waals surface area contributed by atoms with E-state index >= 15 is 0 Å². The Hall–Kier alpha value is -3.02. The summed E-state index contributed by atoms with van der Waals surface area (Å²) in [7, 11) is 0. The molecule has 0 spiro atoms. The average Bonchev–Trinajstić information content (AvgIpc) is 3.39. The van der Waals surface area contributed by atoms with E-state index in [1.165, 1.54) is 18.4 Å². The summed E-state index contributed by atoms with van der Waals surface area (Å²) >= 11 is 0. The predicted octanol–water partition coefficient (Wildman–Crippen LogP) is 3.19. The highest BCUT2D eigenvalue weighted by atomic mass is 16.5. The van der Waals surface area contributed by atoms with E-state index in [-0.39, 0.29) is 0 Å². The first-order valence-electron chi connectivity index (χ1n) is 9.31. The number of benzene rings is 2. The van der Waals surface area contributed by atoms with E-state index in [1.54, 1.807) is 12.1 Å². The number of carbonyl (C=O) groups is 1. The molecule has 1 saturated carbocycles. The minimum atomic E-state index is -1.32. The number of anilines is 1. The molecule has 0 aliphatic heterocycles. The molecule has 1 fully saturated rings. The molecule has 0 radical (unpaired) electrons. The van der Waals surface area contributed by atoms with Gasteiger partial charge in [0.1, 0.15) is 17.7 Å². The van der Waals surface area contributed by atoms with Crippen LogP contribution in [0.25, 0.3) is 11.0 Å². The lowest BCUT2D eigenvalue weighted by atomic mass is 10.1. The topological polar surface area (TPSA) is 79.2 Å². The Kier molecular flexibility index (Phi) is 4.71. The highest BCUT2D eigenvalue weighted by Crippen LogP contribution is 2.33. The summed E-state index contributed by atoms with van der Waals surface area (Å²) in [4.78, 5) is 15.6. The van der Waals surface area contributed by atoms with Gasteiger partial charge in [-0.2, -0.15) is 0 Å². The maximum absolute atomic E-state index is 10.8. The van der Waals surface area contributed by atoms with E-state index < -0.39 is 6.09 Å². The molecule has 1 aliphatic rings. The van der Waals surface area contributed by atoms with Gasteiger partial charge < -0.3 is 24.5 Å². The summed E-state index contributed by atoms with van der Waals surface area (Å²) in [5.74, 6) is 2.57. The SMILES string of the molecule is CCOc1ccc(Cc2nc3cc(NC(=O)[O-])ccc3n2CC2CC2)cc1. The number of carboxylic acid groups (broad SMARTS) is 1. The predicted molar refractivity (Wildman–Crippen MR) is 102 cm³/mol. The van der Waals surface area contributed by atoms with Crippen molar-refractivity contribution in [2.24, 2.45) is 5.92 Å². The summed E-state index contributed by atoms with van der Waals surface area (Å²) in [5, 5.41) is 13.1. The van der Waals surface area contributed by atoms with E-state index in [4.69, 9.17) is 9.72 Å². The van der Waals surface area contributed by atoms with Gasteiger partial charge in [0.05, 0.1) is 17.6 Å². The van der Waals surface area contributed by atoms with Crippen molar-refractivity contribution in [1.29, 1.82) is 0 Å². The van der Waals surface area contributed by atoms with Gasteiger partial charge in [-0.05, 0) is 61.6 Å². The standard InChI is InChI=1S/C21H23N3O3/c1-2-27-17-8-5-14(6-9-17)11-20-23-18-12-16(22-21(25)26)7-10-19(18)24(20)13-15-3-4-15/h5-10,12,15,22H,2-4,11,13H2,1H3,(H,25,26)/p-1. The van der Waals surface area contributed by atoms with E-state index in [0.29, 0.717) is 18.2 Å². The molecule has 0 unspecified atom stereocenters. The molecule has 6 nitrogen and oxygen atoms in total. The molecule has 3 aromatic rings. The molecule has 1 heterocycles. The molecule has 1 amide bonds. The second kappa shape index (κ2) is 7.31. The van der Waals surface area contributed by atoms with E-state index in [2.05, 4.69) is 22.0 Å². The average molecular weight is 364 g/mol.